The molecule has 5 rings (SSSR count). The fourth-order valence-corrected chi connectivity index (χ4v) is 3.13. The maximum absolute atomic E-state index is 4.26. The summed E-state index contributed by atoms with van der Waals surface area (Å²) in [6.45, 7) is 0. The summed E-state index contributed by atoms with van der Waals surface area (Å²) in [5, 5.41) is 5.72. The molecule has 0 bridgehead atoms. The minimum atomic E-state index is 0.962. The number of nitrogens with one attached hydrogen (secondary N) is 1. The van der Waals surface area contributed by atoms with E-state index in [0.717, 1.165) is 16.7 Å². The number of H-pyrrole nitrogens is 1. The Bertz CT molecular complexity index is 965. The smallest absolute Gasteiger partial charge is 0.138 e. The molecule has 0 fully saturated rings. The fourth-order valence-electron chi connectivity index (χ4n) is 2.49. The van der Waals surface area contributed by atoms with Gasteiger partial charge >= 0.3 is 0 Å². The number of hydrogen-bond donors (Lipinski definition) is 1. The van der Waals surface area contributed by atoms with Gasteiger partial charge in [0.25, 0.3) is 0 Å². The van der Waals surface area contributed by atoms with E-state index in [2.05, 4.69) is 44.0 Å². The van der Waals surface area contributed by atoms with Crippen molar-refractivity contribution in [3.05, 3.63) is 72.2 Å². The van der Waals surface area contributed by atoms with Crippen LogP contribution >= 0.6 is 11.5 Å². The molecule has 5 aromatic rings. The van der Waals surface area contributed by atoms with Crippen LogP contribution < -0.4 is 0 Å². The third-order valence-corrected chi connectivity index (χ3v) is 4.21. The average molecular weight is 303 g/mol. The second kappa shape index (κ2) is 5.58. The molecule has 4 heteroatoms. The SMILES string of the molecule is c1ccc2c(c1)[nH]c1ncccc12.c1ccc2nscc2c1. The zero-order valence-electron chi connectivity index (χ0n) is 11.7. The van der Waals surface area contributed by atoms with Crippen molar-refractivity contribution in [2.75, 3.05) is 0 Å². The molecule has 2 aromatic carbocycles. The molecule has 0 saturated heterocycles. The Kier molecular flexibility index (Phi) is 3.29. The van der Waals surface area contributed by atoms with Crippen LogP contribution in [0.3, 0.4) is 0 Å². The highest BCUT2D eigenvalue weighted by atomic mass is 32.1. The Morgan fingerprint density at radius 2 is 1.64 bits per heavy atom. The first kappa shape index (κ1) is 13.0. The maximum Gasteiger partial charge on any atom is 0.138 e. The summed E-state index contributed by atoms with van der Waals surface area (Å²) in [4.78, 5) is 7.53. The highest BCUT2D eigenvalue weighted by Crippen LogP contribution is 2.22. The molecule has 0 aliphatic rings. The average Bonchev–Trinajstić information content (AvgIpc) is 3.19. The lowest BCUT2D eigenvalue weighted by Crippen LogP contribution is -1.71. The molecule has 22 heavy (non-hydrogen) atoms. The lowest BCUT2D eigenvalue weighted by atomic mass is 10.2. The fraction of sp³-hybridized carbons (Fsp3) is 0. The van der Waals surface area contributed by atoms with Gasteiger partial charge in [-0.25, -0.2) is 4.98 Å². The molecular formula is C18H13N3S. The molecular weight excluding hydrogens is 290 g/mol. The third-order valence-electron chi connectivity index (χ3n) is 3.55. The summed E-state index contributed by atoms with van der Waals surface area (Å²) < 4.78 is 4.16. The van der Waals surface area contributed by atoms with Gasteiger partial charge in [0.15, 0.2) is 0 Å². The molecule has 3 aromatic heterocycles. The molecule has 0 radical (unpaired) electrons. The molecule has 3 heterocycles. The summed E-state index contributed by atoms with van der Waals surface area (Å²) >= 11 is 1.50. The topological polar surface area (TPSA) is 41.6 Å². The van der Waals surface area contributed by atoms with Gasteiger partial charge in [-0.1, -0.05) is 36.4 Å². The molecule has 0 saturated carbocycles. The molecule has 106 valence electrons. The first-order valence-corrected chi connectivity index (χ1v) is 7.86. The predicted octanol–water partition coefficient (Wildman–Crippen LogP) is 5.01. The number of hydrogen-bond acceptors (Lipinski definition) is 3. The van der Waals surface area contributed by atoms with Gasteiger partial charge in [-0.05, 0) is 35.8 Å². The summed E-state index contributed by atoms with van der Waals surface area (Å²) in [5.41, 5.74) is 3.21. The Hall–Kier alpha value is -2.72. The van der Waals surface area contributed by atoms with Gasteiger partial charge in [-0.3, -0.25) is 0 Å². The van der Waals surface area contributed by atoms with E-state index < -0.39 is 0 Å². The summed E-state index contributed by atoms with van der Waals surface area (Å²) in [7, 11) is 0. The van der Waals surface area contributed by atoms with Crippen LogP contribution in [-0.4, -0.2) is 14.3 Å². The zero-order chi connectivity index (χ0) is 14.8. The van der Waals surface area contributed by atoms with E-state index in [1.54, 1.807) is 6.20 Å². The molecule has 0 aliphatic heterocycles. The van der Waals surface area contributed by atoms with Crippen LogP contribution in [-0.2, 0) is 0 Å². The van der Waals surface area contributed by atoms with E-state index in [1.807, 2.05) is 36.4 Å². The van der Waals surface area contributed by atoms with E-state index in [-0.39, 0.29) is 0 Å². The lowest BCUT2D eigenvalue weighted by Gasteiger charge is -1.87. The Balaban J connectivity index is 0.000000122. The van der Waals surface area contributed by atoms with Gasteiger partial charge in [0, 0.05) is 33.3 Å². The number of fused-ring (bicyclic) bond motifs is 4. The highest BCUT2D eigenvalue weighted by molar-refractivity contribution is 7.04. The van der Waals surface area contributed by atoms with Crippen molar-refractivity contribution >= 4 is 44.4 Å². The molecule has 0 amide bonds. The van der Waals surface area contributed by atoms with Gasteiger partial charge in [-0.15, -0.1) is 0 Å². The number of aromatic amines is 1. The largest absolute Gasteiger partial charge is 0.339 e. The number of nitrogens with zero attached hydrogens (tertiary/aromatic N) is 2. The molecule has 3 nitrogen and oxygen atoms in total. The Morgan fingerprint density at radius 3 is 2.59 bits per heavy atom. The van der Waals surface area contributed by atoms with Gasteiger partial charge in [0.1, 0.15) is 5.65 Å². The second-order valence-electron chi connectivity index (χ2n) is 4.94. The van der Waals surface area contributed by atoms with Crippen LogP contribution in [0.25, 0.3) is 32.8 Å². The van der Waals surface area contributed by atoms with Gasteiger partial charge in [0.2, 0.25) is 0 Å². The molecule has 1 N–H and O–H groups in total. The number of benzene rings is 2. The van der Waals surface area contributed by atoms with Crippen LogP contribution in [0.1, 0.15) is 0 Å². The van der Waals surface area contributed by atoms with Crippen LogP contribution in [0.2, 0.25) is 0 Å². The monoisotopic (exact) mass is 303 g/mol. The van der Waals surface area contributed by atoms with Crippen molar-refractivity contribution in [3.8, 4) is 0 Å². The number of pyridine rings is 1. The molecule has 0 unspecified atom stereocenters. The third kappa shape index (κ3) is 2.34. The maximum atomic E-state index is 4.26. The van der Waals surface area contributed by atoms with Gasteiger partial charge in [-0.2, -0.15) is 4.37 Å². The minimum absolute atomic E-state index is 0.962. The van der Waals surface area contributed by atoms with Crippen LogP contribution in [0, 0.1) is 0 Å². The van der Waals surface area contributed by atoms with E-state index in [0.29, 0.717) is 0 Å². The summed E-state index contributed by atoms with van der Waals surface area (Å²) in [5.74, 6) is 0. The van der Waals surface area contributed by atoms with E-state index >= 15 is 0 Å². The van der Waals surface area contributed by atoms with Crippen LogP contribution in [0.5, 0.6) is 0 Å². The molecule has 0 spiro atoms. The van der Waals surface area contributed by atoms with E-state index in [9.17, 15) is 0 Å². The van der Waals surface area contributed by atoms with E-state index in [1.165, 1.54) is 27.7 Å². The predicted molar refractivity (Wildman–Crippen MR) is 93.2 cm³/mol. The first-order chi connectivity index (χ1) is 10.9. The highest BCUT2D eigenvalue weighted by Gasteiger charge is 2.01. The minimum Gasteiger partial charge on any atom is -0.339 e. The van der Waals surface area contributed by atoms with E-state index in [4.69, 9.17) is 0 Å². The normalized spacial score (nSPS) is 10.7. The Labute approximate surface area is 131 Å². The van der Waals surface area contributed by atoms with Crippen molar-refractivity contribution in [1.29, 1.82) is 0 Å². The Morgan fingerprint density at radius 1 is 0.818 bits per heavy atom. The standard InChI is InChI=1S/C11H8N2.C7H5NS/c1-2-6-10-8(4-1)9-5-3-7-12-11(9)13-10;1-2-4-7-6(3-1)5-9-8-7/h1-7H,(H,12,13);1-5H. The van der Waals surface area contributed by atoms with Gasteiger partial charge in [0.05, 0.1) is 5.52 Å². The van der Waals surface area contributed by atoms with Crippen molar-refractivity contribution in [2.45, 2.75) is 0 Å². The van der Waals surface area contributed by atoms with Crippen molar-refractivity contribution in [1.82, 2.24) is 14.3 Å². The molecule has 0 atom stereocenters. The second-order valence-corrected chi connectivity index (χ2v) is 5.57. The van der Waals surface area contributed by atoms with Gasteiger partial charge < -0.3 is 4.98 Å². The van der Waals surface area contributed by atoms with Crippen molar-refractivity contribution in [3.63, 3.8) is 0 Å². The quantitative estimate of drug-likeness (QED) is 0.437. The van der Waals surface area contributed by atoms with Crippen molar-refractivity contribution in [2.24, 2.45) is 0 Å². The van der Waals surface area contributed by atoms with Crippen molar-refractivity contribution < 1.29 is 0 Å². The van der Waals surface area contributed by atoms with Crippen LogP contribution in [0.4, 0.5) is 0 Å². The lowest BCUT2D eigenvalue weighted by molar-refractivity contribution is 1.35. The summed E-state index contributed by atoms with van der Waals surface area (Å²) in [6.07, 6.45) is 1.80. The summed E-state index contributed by atoms with van der Waals surface area (Å²) in [6, 6.07) is 20.4. The number of rotatable bonds is 0. The molecule has 0 aliphatic carbocycles. The zero-order valence-corrected chi connectivity index (χ0v) is 12.5. The first-order valence-electron chi connectivity index (χ1n) is 7.02. The van der Waals surface area contributed by atoms with Crippen LogP contribution in [0.15, 0.2) is 72.2 Å². The number of aromatic nitrogens is 3. The number of para-hydroxylation sites is 1.